The van der Waals surface area contributed by atoms with Crippen molar-refractivity contribution in [3.63, 3.8) is 0 Å². The van der Waals surface area contributed by atoms with E-state index in [1.807, 2.05) is 11.9 Å². The van der Waals surface area contributed by atoms with Crippen LogP contribution in [0.25, 0.3) is 0 Å². The van der Waals surface area contributed by atoms with E-state index in [2.05, 4.69) is 25.7 Å². The number of rotatable bonds is 5. The summed E-state index contributed by atoms with van der Waals surface area (Å²) in [6, 6.07) is 0.451. The van der Waals surface area contributed by atoms with Crippen molar-refractivity contribution in [3.05, 3.63) is 0 Å². The summed E-state index contributed by atoms with van der Waals surface area (Å²) in [5.41, 5.74) is 0.549. The Hall–Kier alpha value is -0.300. The van der Waals surface area contributed by atoms with Crippen molar-refractivity contribution in [1.29, 1.82) is 0 Å². The maximum absolute atomic E-state index is 11.1. The van der Waals surface area contributed by atoms with E-state index in [4.69, 9.17) is 0 Å². The summed E-state index contributed by atoms with van der Waals surface area (Å²) in [4.78, 5) is 16.4. The van der Waals surface area contributed by atoms with E-state index in [-0.39, 0.29) is 5.91 Å². The largest absolute Gasteiger partial charge is 0.354 e. The number of piperazine rings is 1. The molecule has 1 spiro atoms. The molecule has 0 radical (unpaired) electrons. The SMILES string of the molecule is CSN1CCN(CCN2CCC3(CC2)CC(NC(C)=O)C3)CC1. The van der Waals surface area contributed by atoms with Gasteiger partial charge in [-0.3, -0.25) is 9.69 Å². The van der Waals surface area contributed by atoms with Crippen LogP contribution in [0, 0.1) is 5.41 Å². The number of carbonyl (C=O) groups is 1. The molecule has 2 saturated heterocycles. The lowest BCUT2D eigenvalue weighted by atomic mass is 9.60. The first-order valence-corrected chi connectivity index (χ1v) is 10.3. The molecule has 1 aliphatic carbocycles. The standard InChI is InChI=1S/C17H32N4OS/c1-15(22)18-16-13-17(14-16)3-5-19(6-4-17)7-8-20-9-11-21(23-2)12-10-20/h16H,3-14H2,1-2H3,(H,18,22). The quantitative estimate of drug-likeness (QED) is 0.763. The first kappa shape index (κ1) is 17.5. The van der Waals surface area contributed by atoms with Crippen LogP contribution in [0.5, 0.6) is 0 Å². The smallest absolute Gasteiger partial charge is 0.217 e. The van der Waals surface area contributed by atoms with Crippen molar-refractivity contribution in [3.8, 4) is 0 Å². The third-order valence-corrected chi connectivity index (χ3v) is 6.89. The molecule has 0 atom stereocenters. The zero-order valence-electron chi connectivity index (χ0n) is 14.7. The van der Waals surface area contributed by atoms with Gasteiger partial charge in [-0.2, -0.15) is 0 Å². The Bertz CT molecular complexity index is 395. The molecular formula is C17H32N4OS. The van der Waals surface area contributed by atoms with Crippen LogP contribution in [0.3, 0.4) is 0 Å². The van der Waals surface area contributed by atoms with Gasteiger partial charge in [-0.15, -0.1) is 0 Å². The zero-order valence-corrected chi connectivity index (χ0v) is 15.5. The zero-order chi connectivity index (χ0) is 16.3. The third kappa shape index (κ3) is 4.62. The van der Waals surface area contributed by atoms with Gasteiger partial charge in [0.05, 0.1) is 0 Å². The number of hydrogen-bond acceptors (Lipinski definition) is 5. The highest BCUT2D eigenvalue weighted by molar-refractivity contribution is 7.96. The molecule has 2 aliphatic heterocycles. The van der Waals surface area contributed by atoms with Crippen molar-refractivity contribution in [2.75, 3.05) is 58.6 Å². The predicted molar refractivity (Wildman–Crippen MR) is 96.5 cm³/mol. The summed E-state index contributed by atoms with van der Waals surface area (Å²) in [5.74, 6) is 0.129. The van der Waals surface area contributed by atoms with Gasteiger partial charge in [-0.05, 0) is 50.4 Å². The predicted octanol–water partition coefficient (Wildman–Crippen LogP) is 1.26. The minimum Gasteiger partial charge on any atom is -0.354 e. The van der Waals surface area contributed by atoms with Gasteiger partial charge in [0, 0.05) is 52.2 Å². The molecule has 0 aromatic heterocycles. The molecule has 1 amide bonds. The molecule has 3 rings (SSSR count). The minimum atomic E-state index is 0.129. The Balaban J connectivity index is 1.31. The average Bonchev–Trinajstić information content (AvgIpc) is 2.53. The summed E-state index contributed by atoms with van der Waals surface area (Å²) in [6.07, 6.45) is 7.23. The maximum atomic E-state index is 11.1. The molecule has 23 heavy (non-hydrogen) atoms. The van der Waals surface area contributed by atoms with E-state index in [1.165, 1.54) is 78.0 Å². The number of piperidine rings is 1. The van der Waals surface area contributed by atoms with E-state index in [0.717, 1.165) is 0 Å². The van der Waals surface area contributed by atoms with Crippen LogP contribution in [-0.4, -0.2) is 84.7 Å². The molecule has 1 saturated carbocycles. The van der Waals surface area contributed by atoms with Gasteiger partial charge in [0.1, 0.15) is 0 Å². The van der Waals surface area contributed by atoms with Crippen molar-refractivity contribution in [2.24, 2.45) is 5.41 Å². The number of amides is 1. The van der Waals surface area contributed by atoms with Crippen LogP contribution in [0.2, 0.25) is 0 Å². The lowest BCUT2D eigenvalue weighted by Gasteiger charge is -2.52. The van der Waals surface area contributed by atoms with E-state index in [9.17, 15) is 4.79 Å². The van der Waals surface area contributed by atoms with E-state index in [1.54, 1.807) is 6.92 Å². The third-order valence-electron chi connectivity index (χ3n) is 6.00. The second kappa shape index (κ2) is 7.72. The Labute approximate surface area is 145 Å². The summed E-state index contributed by atoms with van der Waals surface area (Å²) >= 11 is 1.88. The molecule has 6 heteroatoms. The molecule has 3 aliphatic rings. The Morgan fingerprint density at radius 2 is 1.61 bits per heavy atom. The lowest BCUT2D eigenvalue weighted by molar-refractivity contribution is -0.121. The molecule has 3 fully saturated rings. The maximum Gasteiger partial charge on any atom is 0.217 e. The summed E-state index contributed by atoms with van der Waals surface area (Å²) in [5, 5.41) is 3.07. The fourth-order valence-electron chi connectivity index (χ4n) is 4.45. The van der Waals surface area contributed by atoms with E-state index >= 15 is 0 Å². The monoisotopic (exact) mass is 340 g/mol. The highest BCUT2D eigenvalue weighted by Crippen LogP contribution is 2.48. The summed E-state index contributed by atoms with van der Waals surface area (Å²) in [6.45, 7) is 11.4. The molecule has 1 N–H and O–H groups in total. The number of carbonyl (C=O) groups excluding carboxylic acids is 1. The fraction of sp³-hybridized carbons (Fsp3) is 0.941. The molecule has 2 heterocycles. The first-order valence-electron chi connectivity index (χ1n) is 9.09. The lowest BCUT2D eigenvalue weighted by Crippen LogP contribution is -2.55. The van der Waals surface area contributed by atoms with Gasteiger partial charge in [0.25, 0.3) is 0 Å². The van der Waals surface area contributed by atoms with Gasteiger partial charge >= 0.3 is 0 Å². The topological polar surface area (TPSA) is 38.8 Å². The van der Waals surface area contributed by atoms with Crippen molar-refractivity contribution >= 4 is 17.9 Å². The highest BCUT2D eigenvalue weighted by atomic mass is 32.2. The van der Waals surface area contributed by atoms with Gasteiger partial charge in [-0.25, -0.2) is 4.31 Å². The molecule has 0 aromatic carbocycles. The summed E-state index contributed by atoms with van der Waals surface area (Å²) < 4.78 is 2.46. The number of hydrogen-bond donors (Lipinski definition) is 1. The van der Waals surface area contributed by atoms with Crippen LogP contribution >= 0.6 is 11.9 Å². The van der Waals surface area contributed by atoms with Crippen LogP contribution in [-0.2, 0) is 4.79 Å². The minimum absolute atomic E-state index is 0.129. The Morgan fingerprint density at radius 1 is 1.04 bits per heavy atom. The van der Waals surface area contributed by atoms with E-state index in [0.29, 0.717) is 11.5 Å². The Morgan fingerprint density at radius 3 is 2.13 bits per heavy atom. The van der Waals surface area contributed by atoms with Crippen molar-refractivity contribution in [2.45, 2.75) is 38.6 Å². The van der Waals surface area contributed by atoms with Gasteiger partial charge in [-0.1, -0.05) is 11.9 Å². The van der Waals surface area contributed by atoms with Crippen molar-refractivity contribution < 1.29 is 4.79 Å². The Kier molecular flexibility index (Phi) is 5.88. The number of nitrogens with one attached hydrogen (secondary N) is 1. The van der Waals surface area contributed by atoms with Crippen LogP contribution in [0.15, 0.2) is 0 Å². The van der Waals surface area contributed by atoms with E-state index < -0.39 is 0 Å². The molecule has 0 bridgehead atoms. The molecule has 0 aromatic rings. The second-order valence-electron chi connectivity index (χ2n) is 7.60. The van der Waals surface area contributed by atoms with Crippen LogP contribution in [0.1, 0.15) is 32.6 Å². The molecule has 0 unspecified atom stereocenters. The fourth-order valence-corrected chi connectivity index (χ4v) is 4.98. The van der Waals surface area contributed by atoms with Gasteiger partial charge in [0.15, 0.2) is 0 Å². The second-order valence-corrected chi connectivity index (χ2v) is 8.48. The number of nitrogens with zero attached hydrogens (tertiary/aromatic N) is 3. The number of likely N-dealkylation sites (tertiary alicyclic amines) is 1. The molecule has 132 valence electrons. The highest BCUT2D eigenvalue weighted by Gasteiger charge is 2.45. The molecular weight excluding hydrogens is 308 g/mol. The van der Waals surface area contributed by atoms with Crippen molar-refractivity contribution in [1.82, 2.24) is 19.4 Å². The van der Waals surface area contributed by atoms with Gasteiger partial charge < -0.3 is 10.2 Å². The first-order chi connectivity index (χ1) is 11.1. The average molecular weight is 341 g/mol. The summed E-state index contributed by atoms with van der Waals surface area (Å²) in [7, 11) is 0. The molecule has 5 nitrogen and oxygen atoms in total. The van der Waals surface area contributed by atoms with Crippen LogP contribution in [0.4, 0.5) is 0 Å². The van der Waals surface area contributed by atoms with Gasteiger partial charge in [0.2, 0.25) is 5.91 Å². The van der Waals surface area contributed by atoms with Crippen LogP contribution < -0.4 is 5.32 Å². The normalized spacial score (nSPS) is 27.0.